The Hall–Kier alpha value is -2.76. The summed E-state index contributed by atoms with van der Waals surface area (Å²) in [6.07, 6.45) is -4.33. The number of hydrogen-bond donors (Lipinski definition) is 1. The number of carboxylic acids is 1. The van der Waals surface area contributed by atoms with Gasteiger partial charge in [-0.25, -0.2) is 4.79 Å². The second-order valence-corrected chi connectivity index (χ2v) is 10.3. The quantitative estimate of drug-likeness (QED) is 0.338. The van der Waals surface area contributed by atoms with Crippen molar-refractivity contribution in [2.75, 3.05) is 4.90 Å². The Bertz CT molecular complexity index is 1050. The SMILES string of the molecule is CC(C)c1cccc(C(C)C)c1N1C(C(=O)O)=[N+](c2c(C(C)C)cccc2C(C)C)C(F)C1F. The third-order valence-corrected chi connectivity index (χ3v) is 6.53. The topological polar surface area (TPSA) is 43.6 Å². The highest BCUT2D eigenvalue weighted by Crippen LogP contribution is 2.43. The maximum atomic E-state index is 16.0. The predicted molar refractivity (Wildman–Crippen MR) is 134 cm³/mol. The van der Waals surface area contributed by atoms with Crippen molar-refractivity contribution in [2.45, 2.75) is 91.7 Å². The van der Waals surface area contributed by atoms with E-state index in [1.807, 2.05) is 91.8 Å². The van der Waals surface area contributed by atoms with Crippen LogP contribution in [0.3, 0.4) is 0 Å². The van der Waals surface area contributed by atoms with Crippen molar-refractivity contribution in [2.24, 2.45) is 0 Å². The molecule has 0 fully saturated rings. The van der Waals surface area contributed by atoms with Crippen LogP contribution in [-0.2, 0) is 4.79 Å². The molecule has 1 aliphatic rings. The Labute approximate surface area is 201 Å². The first-order valence-corrected chi connectivity index (χ1v) is 12.1. The van der Waals surface area contributed by atoms with Gasteiger partial charge in [-0.1, -0.05) is 91.8 Å². The van der Waals surface area contributed by atoms with Crippen molar-refractivity contribution in [3.8, 4) is 0 Å². The van der Waals surface area contributed by atoms with Crippen LogP contribution in [0, 0.1) is 0 Å². The third-order valence-electron chi connectivity index (χ3n) is 6.53. The number of aliphatic carboxylic acids is 1. The van der Waals surface area contributed by atoms with E-state index in [2.05, 4.69) is 0 Å². The van der Waals surface area contributed by atoms with Gasteiger partial charge in [-0.2, -0.15) is 18.3 Å². The molecule has 0 aliphatic carbocycles. The first-order valence-electron chi connectivity index (χ1n) is 12.1. The largest absolute Gasteiger partial charge is 0.472 e. The van der Waals surface area contributed by atoms with Crippen LogP contribution in [0.25, 0.3) is 0 Å². The molecule has 1 heterocycles. The number of benzene rings is 2. The van der Waals surface area contributed by atoms with Crippen LogP contribution in [0.15, 0.2) is 36.4 Å². The summed E-state index contributed by atoms with van der Waals surface area (Å²) in [5, 5.41) is 10.4. The molecule has 3 rings (SSSR count). The molecule has 4 nitrogen and oxygen atoms in total. The highest BCUT2D eigenvalue weighted by atomic mass is 19.2. The van der Waals surface area contributed by atoms with Crippen LogP contribution >= 0.6 is 0 Å². The Morgan fingerprint density at radius 1 is 0.794 bits per heavy atom. The monoisotopic (exact) mass is 471 g/mol. The summed E-state index contributed by atoms with van der Waals surface area (Å²) in [6, 6.07) is 11.3. The van der Waals surface area contributed by atoms with Crippen molar-refractivity contribution in [3.63, 3.8) is 0 Å². The molecule has 184 valence electrons. The lowest BCUT2D eigenvalue weighted by molar-refractivity contribution is -0.517. The molecule has 2 aromatic carbocycles. The molecule has 0 spiro atoms. The van der Waals surface area contributed by atoms with Crippen molar-refractivity contribution in [1.82, 2.24) is 0 Å². The average Bonchev–Trinajstić information content (AvgIpc) is 3.02. The van der Waals surface area contributed by atoms with Crippen LogP contribution in [0.4, 0.5) is 20.2 Å². The molecule has 0 radical (unpaired) electrons. The Morgan fingerprint density at radius 2 is 1.18 bits per heavy atom. The highest BCUT2D eigenvalue weighted by molar-refractivity contribution is 6.39. The van der Waals surface area contributed by atoms with E-state index in [1.54, 1.807) is 0 Å². The molecule has 0 amide bonds. The Balaban J connectivity index is 2.46. The van der Waals surface area contributed by atoms with E-state index in [0.29, 0.717) is 11.4 Å². The van der Waals surface area contributed by atoms with Gasteiger partial charge in [0.15, 0.2) is 0 Å². The second-order valence-electron chi connectivity index (χ2n) is 10.3. The van der Waals surface area contributed by atoms with Crippen LogP contribution in [0.5, 0.6) is 0 Å². The van der Waals surface area contributed by atoms with Gasteiger partial charge in [0.05, 0.1) is 0 Å². The first-order chi connectivity index (χ1) is 15.9. The summed E-state index contributed by atoms with van der Waals surface area (Å²) in [5.74, 6) is -1.75. The van der Waals surface area contributed by atoms with Gasteiger partial charge in [-0.3, -0.25) is 0 Å². The van der Waals surface area contributed by atoms with Gasteiger partial charge in [0.25, 0.3) is 0 Å². The summed E-state index contributed by atoms with van der Waals surface area (Å²) in [7, 11) is 0. The van der Waals surface area contributed by atoms with Gasteiger partial charge >= 0.3 is 24.4 Å². The minimum Gasteiger partial charge on any atom is -0.472 e. The first kappa shape index (κ1) is 25.9. The molecule has 0 saturated carbocycles. The second kappa shape index (κ2) is 9.85. The van der Waals surface area contributed by atoms with Crippen molar-refractivity contribution < 1.29 is 23.3 Å². The fourth-order valence-electron chi connectivity index (χ4n) is 4.84. The van der Waals surface area contributed by atoms with Gasteiger partial charge in [0.1, 0.15) is 11.4 Å². The third kappa shape index (κ3) is 4.35. The zero-order valence-corrected chi connectivity index (χ0v) is 21.4. The fraction of sp³-hybridized carbons (Fsp3) is 0.500. The number of carboxylic acid groups (broad SMARTS) is 1. The van der Waals surface area contributed by atoms with E-state index in [1.165, 1.54) is 0 Å². The lowest BCUT2D eigenvalue weighted by Crippen LogP contribution is -2.41. The molecule has 1 N–H and O–H groups in total. The summed E-state index contributed by atoms with van der Waals surface area (Å²) < 4.78 is 33.1. The molecule has 1 aliphatic heterocycles. The fourth-order valence-corrected chi connectivity index (χ4v) is 4.84. The molecule has 0 bridgehead atoms. The Kier molecular flexibility index (Phi) is 7.49. The number of alkyl halides is 2. The number of para-hydroxylation sites is 2. The number of amidine groups is 1. The zero-order chi connectivity index (χ0) is 25.5. The van der Waals surface area contributed by atoms with E-state index in [4.69, 9.17) is 0 Å². The molecule has 6 heteroatoms. The zero-order valence-electron chi connectivity index (χ0n) is 21.4. The summed E-state index contributed by atoms with van der Waals surface area (Å²) >= 11 is 0. The number of nitrogens with zero attached hydrogens (tertiary/aromatic N) is 2. The van der Waals surface area contributed by atoms with Crippen LogP contribution in [-0.4, -0.2) is 34.1 Å². The average molecular weight is 472 g/mol. The maximum Gasteiger partial charge on any atom is 0.419 e. The van der Waals surface area contributed by atoms with E-state index in [-0.39, 0.29) is 29.5 Å². The highest BCUT2D eigenvalue weighted by Gasteiger charge is 2.56. The van der Waals surface area contributed by atoms with E-state index >= 15 is 8.78 Å². The molecule has 34 heavy (non-hydrogen) atoms. The van der Waals surface area contributed by atoms with E-state index in [9.17, 15) is 9.90 Å². The normalized spacial score (nSPS) is 18.8. The lowest BCUT2D eigenvalue weighted by atomic mass is 9.91. The molecule has 0 saturated heterocycles. The molecular formula is C28H37F2N2O2+. The standard InChI is InChI=1S/C28H36F2N2O2/c1-15(2)19-11-9-12-20(16(3)4)23(19)31-25(29)26(30)32(27(31)28(33)34)24-21(17(5)6)13-10-14-22(24)18(7)8/h9-18,25-26H,1-8H3/p+1. The molecule has 2 aromatic rings. The summed E-state index contributed by atoms with van der Waals surface area (Å²) in [4.78, 5) is 13.8. The van der Waals surface area contributed by atoms with Crippen molar-refractivity contribution in [3.05, 3.63) is 58.7 Å². The minimum atomic E-state index is -2.16. The van der Waals surface area contributed by atoms with Gasteiger partial charge in [0.2, 0.25) is 0 Å². The summed E-state index contributed by atoms with van der Waals surface area (Å²) in [5.41, 5.74) is 4.09. The molecule has 2 atom stereocenters. The van der Waals surface area contributed by atoms with Crippen molar-refractivity contribution in [1.29, 1.82) is 0 Å². The number of halogens is 2. The summed E-state index contributed by atoms with van der Waals surface area (Å²) in [6.45, 7) is 15.8. The van der Waals surface area contributed by atoms with E-state index in [0.717, 1.165) is 31.7 Å². The van der Waals surface area contributed by atoms with Crippen LogP contribution in [0.1, 0.15) is 101 Å². The maximum absolute atomic E-state index is 16.0. The van der Waals surface area contributed by atoms with E-state index < -0.39 is 18.6 Å². The van der Waals surface area contributed by atoms with Gasteiger partial charge in [-0.15, -0.1) is 0 Å². The van der Waals surface area contributed by atoms with Crippen LogP contribution in [0.2, 0.25) is 0 Å². The molecule has 0 aromatic heterocycles. The number of anilines is 1. The van der Waals surface area contributed by atoms with Gasteiger partial charge < -0.3 is 5.11 Å². The Morgan fingerprint density at radius 3 is 1.53 bits per heavy atom. The number of rotatable bonds is 7. The minimum absolute atomic E-state index is 0.00256. The van der Waals surface area contributed by atoms with Gasteiger partial charge in [-0.05, 0) is 23.7 Å². The molecule has 2 unspecified atom stereocenters. The van der Waals surface area contributed by atoms with Crippen molar-refractivity contribution >= 4 is 23.2 Å². The molecular weight excluding hydrogens is 434 g/mol. The number of hydrogen-bond acceptors (Lipinski definition) is 2. The number of carbonyl (C=O) groups is 1. The lowest BCUT2D eigenvalue weighted by Gasteiger charge is -2.23. The smallest absolute Gasteiger partial charge is 0.419 e. The van der Waals surface area contributed by atoms with Gasteiger partial charge in [0, 0.05) is 22.3 Å². The predicted octanol–water partition coefficient (Wildman–Crippen LogP) is 7.42. The van der Waals surface area contributed by atoms with Crippen LogP contribution < -0.4 is 4.90 Å².